The fourth-order valence-corrected chi connectivity index (χ4v) is 1.78. The van der Waals surface area contributed by atoms with Crippen LogP contribution in [0.2, 0.25) is 0 Å². The molecule has 19 heavy (non-hydrogen) atoms. The molecule has 1 atom stereocenters. The summed E-state index contributed by atoms with van der Waals surface area (Å²) in [7, 11) is 1.90. The zero-order valence-corrected chi connectivity index (χ0v) is 10.6. The molecule has 7 heteroatoms. The number of primary amides is 1. The van der Waals surface area contributed by atoms with Crippen LogP contribution >= 0.6 is 0 Å². The maximum atomic E-state index is 10.5. The molecule has 0 radical (unpaired) electrons. The number of ether oxygens (including phenoxy) is 1. The van der Waals surface area contributed by atoms with Gasteiger partial charge < -0.3 is 19.5 Å². The number of aryl methyl sites for hydroxylation is 1. The van der Waals surface area contributed by atoms with Gasteiger partial charge in [-0.2, -0.15) is 0 Å². The van der Waals surface area contributed by atoms with Crippen molar-refractivity contribution in [2.45, 2.75) is 6.04 Å². The van der Waals surface area contributed by atoms with Gasteiger partial charge in [0.1, 0.15) is 24.2 Å². The summed E-state index contributed by atoms with van der Waals surface area (Å²) in [6.45, 7) is 0.637. The van der Waals surface area contributed by atoms with Crippen LogP contribution in [0.4, 0.5) is 4.79 Å². The van der Waals surface area contributed by atoms with Crippen LogP contribution in [0.15, 0.2) is 35.2 Å². The number of aromatic nitrogens is 2. The molecule has 3 N–H and O–H groups in total. The van der Waals surface area contributed by atoms with E-state index in [2.05, 4.69) is 15.0 Å². The summed E-state index contributed by atoms with van der Waals surface area (Å²) in [6.07, 6.45) is 4.39. The summed E-state index contributed by atoms with van der Waals surface area (Å²) >= 11 is 0. The zero-order chi connectivity index (χ0) is 13.7. The van der Waals surface area contributed by atoms with Crippen LogP contribution in [0.5, 0.6) is 0 Å². The van der Waals surface area contributed by atoms with Gasteiger partial charge in [-0.15, -0.1) is 0 Å². The van der Waals surface area contributed by atoms with Gasteiger partial charge in [0.15, 0.2) is 0 Å². The maximum absolute atomic E-state index is 10.5. The van der Waals surface area contributed by atoms with E-state index in [1.807, 2.05) is 29.9 Å². The van der Waals surface area contributed by atoms with Crippen molar-refractivity contribution in [2.75, 3.05) is 13.2 Å². The number of nitrogens with two attached hydrogens (primary N) is 1. The molecule has 0 spiro atoms. The van der Waals surface area contributed by atoms with Gasteiger partial charge in [-0.05, 0) is 12.1 Å². The van der Waals surface area contributed by atoms with Crippen LogP contribution in [0, 0.1) is 0 Å². The molecule has 0 aromatic carbocycles. The lowest BCUT2D eigenvalue weighted by atomic mass is 10.2. The molecular weight excluding hydrogens is 248 g/mol. The topological polar surface area (TPSA) is 95.3 Å². The third-order valence-corrected chi connectivity index (χ3v) is 2.64. The highest BCUT2D eigenvalue weighted by molar-refractivity contribution is 5.64. The number of furan rings is 1. The summed E-state index contributed by atoms with van der Waals surface area (Å²) in [6, 6.07) is 3.47. The average molecular weight is 264 g/mol. The Kier molecular flexibility index (Phi) is 4.19. The predicted octanol–water partition coefficient (Wildman–Crippen LogP) is 0.787. The van der Waals surface area contributed by atoms with Crippen LogP contribution < -0.4 is 11.1 Å². The molecule has 1 unspecified atom stereocenters. The number of amides is 1. The lowest BCUT2D eigenvalue weighted by Gasteiger charge is -2.16. The highest BCUT2D eigenvalue weighted by Gasteiger charge is 2.20. The van der Waals surface area contributed by atoms with Crippen molar-refractivity contribution < 1.29 is 13.9 Å². The maximum Gasteiger partial charge on any atom is 0.404 e. The van der Waals surface area contributed by atoms with Crippen LogP contribution in [0.3, 0.4) is 0 Å². The van der Waals surface area contributed by atoms with Gasteiger partial charge in [-0.1, -0.05) is 0 Å². The van der Waals surface area contributed by atoms with Gasteiger partial charge in [-0.3, -0.25) is 5.32 Å². The highest BCUT2D eigenvalue weighted by Crippen LogP contribution is 2.20. The molecule has 0 fully saturated rings. The van der Waals surface area contributed by atoms with Crippen molar-refractivity contribution in [3.63, 3.8) is 0 Å². The van der Waals surface area contributed by atoms with Gasteiger partial charge >= 0.3 is 6.09 Å². The first kappa shape index (κ1) is 13.2. The SMILES string of the molecule is Cn1ccnc1C(NCCOC(N)=O)c1ccco1. The molecule has 7 nitrogen and oxygen atoms in total. The second-order valence-corrected chi connectivity index (χ2v) is 3.97. The molecule has 102 valence electrons. The highest BCUT2D eigenvalue weighted by atomic mass is 16.5. The van der Waals surface area contributed by atoms with E-state index in [9.17, 15) is 4.79 Å². The van der Waals surface area contributed by atoms with E-state index in [1.165, 1.54) is 0 Å². The number of nitrogens with zero attached hydrogens (tertiary/aromatic N) is 2. The van der Waals surface area contributed by atoms with Crippen molar-refractivity contribution in [1.29, 1.82) is 0 Å². The van der Waals surface area contributed by atoms with Crippen LogP contribution in [0.25, 0.3) is 0 Å². The van der Waals surface area contributed by atoms with Gasteiger partial charge in [0.25, 0.3) is 0 Å². The van der Waals surface area contributed by atoms with E-state index in [0.29, 0.717) is 6.54 Å². The van der Waals surface area contributed by atoms with E-state index < -0.39 is 6.09 Å². The predicted molar refractivity (Wildman–Crippen MR) is 67.3 cm³/mol. The minimum Gasteiger partial charge on any atom is -0.467 e. The molecule has 0 saturated heterocycles. The van der Waals surface area contributed by atoms with Crippen molar-refractivity contribution in [2.24, 2.45) is 12.8 Å². The fraction of sp³-hybridized carbons (Fsp3) is 0.333. The number of rotatable bonds is 6. The molecule has 2 heterocycles. The van der Waals surface area contributed by atoms with Gasteiger partial charge in [-0.25, -0.2) is 9.78 Å². The Labute approximate surface area is 110 Å². The Balaban J connectivity index is 2.04. The number of carbonyl (C=O) groups is 1. The first-order valence-electron chi connectivity index (χ1n) is 5.84. The molecule has 1 amide bonds. The van der Waals surface area contributed by atoms with Crippen LogP contribution in [-0.2, 0) is 11.8 Å². The van der Waals surface area contributed by atoms with Crippen LogP contribution in [-0.4, -0.2) is 28.8 Å². The monoisotopic (exact) mass is 264 g/mol. The standard InChI is InChI=1S/C12H16N4O3/c1-16-6-4-15-11(16)10(9-3-2-7-18-9)14-5-8-19-12(13)17/h2-4,6-7,10,14H,5,8H2,1H3,(H2,13,17). The summed E-state index contributed by atoms with van der Waals surface area (Å²) in [5.74, 6) is 1.56. The molecule has 2 aromatic rings. The molecular formula is C12H16N4O3. The number of imidazole rings is 1. The average Bonchev–Trinajstić information content (AvgIpc) is 3.01. The third kappa shape index (κ3) is 3.35. The number of nitrogens with one attached hydrogen (secondary N) is 1. The third-order valence-electron chi connectivity index (χ3n) is 2.64. The fourth-order valence-electron chi connectivity index (χ4n) is 1.78. The van der Waals surface area contributed by atoms with Crippen molar-refractivity contribution in [3.8, 4) is 0 Å². The normalized spacial score (nSPS) is 12.3. The summed E-state index contributed by atoms with van der Waals surface area (Å²) < 4.78 is 12.0. The number of carbonyl (C=O) groups excluding carboxylic acids is 1. The first-order chi connectivity index (χ1) is 9.18. The summed E-state index contributed by atoms with van der Waals surface area (Å²) in [5.41, 5.74) is 4.90. The number of hydrogen-bond acceptors (Lipinski definition) is 5. The molecule has 0 bridgehead atoms. The van der Waals surface area contributed by atoms with Gasteiger partial charge in [0.05, 0.1) is 6.26 Å². The van der Waals surface area contributed by atoms with E-state index in [-0.39, 0.29) is 12.6 Å². The van der Waals surface area contributed by atoms with Crippen LogP contribution in [0.1, 0.15) is 17.6 Å². The van der Waals surface area contributed by atoms with E-state index in [1.54, 1.807) is 12.5 Å². The van der Waals surface area contributed by atoms with Crippen molar-refractivity contribution in [1.82, 2.24) is 14.9 Å². The Bertz CT molecular complexity index is 521. The quantitative estimate of drug-likeness (QED) is 0.752. The smallest absolute Gasteiger partial charge is 0.404 e. The largest absolute Gasteiger partial charge is 0.467 e. The number of hydrogen-bond donors (Lipinski definition) is 2. The van der Waals surface area contributed by atoms with Gasteiger partial charge in [0, 0.05) is 26.0 Å². The lowest BCUT2D eigenvalue weighted by molar-refractivity contribution is 0.156. The minimum absolute atomic E-state index is 0.191. The first-order valence-corrected chi connectivity index (χ1v) is 5.84. The second-order valence-electron chi connectivity index (χ2n) is 3.97. The minimum atomic E-state index is -0.784. The van der Waals surface area contributed by atoms with Gasteiger partial charge in [0.2, 0.25) is 0 Å². The molecule has 0 aliphatic heterocycles. The Morgan fingerprint density at radius 2 is 2.53 bits per heavy atom. The van der Waals surface area contributed by atoms with E-state index >= 15 is 0 Å². The second kappa shape index (κ2) is 6.05. The molecule has 0 aliphatic rings. The van der Waals surface area contributed by atoms with Crippen molar-refractivity contribution in [3.05, 3.63) is 42.4 Å². The molecule has 2 rings (SSSR count). The Morgan fingerprint density at radius 1 is 1.68 bits per heavy atom. The molecule has 2 aromatic heterocycles. The summed E-state index contributed by atoms with van der Waals surface area (Å²) in [5, 5.41) is 3.21. The van der Waals surface area contributed by atoms with E-state index in [4.69, 9.17) is 10.2 Å². The van der Waals surface area contributed by atoms with Crippen molar-refractivity contribution >= 4 is 6.09 Å². The summed E-state index contributed by atoms with van der Waals surface area (Å²) in [4.78, 5) is 14.8. The Morgan fingerprint density at radius 3 is 3.11 bits per heavy atom. The Hall–Kier alpha value is -2.28. The molecule has 0 saturated carbocycles. The lowest BCUT2D eigenvalue weighted by Crippen LogP contribution is -2.29. The zero-order valence-electron chi connectivity index (χ0n) is 10.6. The van der Waals surface area contributed by atoms with E-state index in [0.717, 1.165) is 11.6 Å². The molecule has 0 aliphatic carbocycles.